The van der Waals surface area contributed by atoms with Crippen LogP contribution in [0.5, 0.6) is 5.75 Å². The van der Waals surface area contributed by atoms with Crippen LogP contribution in [0.15, 0.2) is 17.0 Å². The summed E-state index contributed by atoms with van der Waals surface area (Å²) in [6.45, 7) is 0. The maximum Gasteiger partial charge on any atom is 0.301 e. The molecule has 0 aliphatic rings. The van der Waals surface area contributed by atoms with Crippen molar-refractivity contribution in [2.24, 2.45) is 0 Å². The number of nitro benzene ring substituents is 1. The fraction of sp³-hybridized carbons (Fsp3) is 0.143. The Morgan fingerprint density at radius 3 is 2.44 bits per heavy atom. The van der Waals surface area contributed by atoms with E-state index in [-0.39, 0.29) is 11.4 Å². The lowest BCUT2D eigenvalue weighted by atomic mass is 10.2. The van der Waals surface area contributed by atoms with Crippen molar-refractivity contribution in [1.82, 2.24) is 0 Å². The molecule has 0 aliphatic carbocycles. The predicted molar refractivity (Wildman–Crippen MR) is 53.9 cm³/mol. The van der Waals surface area contributed by atoms with Gasteiger partial charge in [0, 0.05) is 12.1 Å². The van der Waals surface area contributed by atoms with Gasteiger partial charge in [-0.25, -0.2) is 0 Å². The Morgan fingerprint density at radius 2 is 2.06 bits per heavy atom. The third kappa shape index (κ3) is 2.20. The molecule has 0 aliphatic heterocycles. The van der Waals surface area contributed by atoms with Gasteiger partial charge in [-0.15, -0.1) is 0 Å². The average molecular weight is 248 g/mol. The van der Waals surface area contributed by atoms with E-state index < -0.39 is 25.6 Å². The molecule has 8 nitrogen and oxygen atoms in total. The summed E-state index contributed by atoms with van der Waals surface area (Å²) in [6.07, 6.45) is 0. The lowest BCUT2D eigenvalue weighted by Gasteiger charge is -2.06. The van der Waals surface area contributed by atoms with Crippen molar-refractivity contribution in [2.75, 3.05) is 12.8 Å². The van der Waals surface area contributed by atoms with E-state index in [2.05, 4.69) is 0 Å². The van der Waals surface area contributed by atoms with Gasteiger partial charge in [0.2, 0.25) is 0 Å². The number of benzene rings is 1. The van der Waals surface area contributed by atoms with E-state index in [0.717, 1.165) is 12.1 Å². The first kappa shape index (κ1) is 12.2. The fourth-order valence-electron chi connectivity index (χ4n) is 1.09. The van der Waals surface area contributed by atoms with Gasteiger partial charge >= 0.3 is 10.1 Å². The number of nitrogens with zero attached hydrogens (tertiary/aromatic N) is 1. The third-order valence-corrected chi connectivity index (χ3v) is 2.67. The van der Waals surface area contributed by atoms with Crippen molar-refractivity contribution in [3.63, 3.8) is 0 Å². The summed E-state index contributed by atoms with van der Waals surface area (Å²) in [5.41, 5.74) is 4.48. The van der Waals surface area contributed by atoms with E-state index in [1.165, 1.54) is 7.11 Å². The second-order valence-electron chi connectivity index (χ2n) is 2.79. The zero-order valence-electron chi connectivity index (χ0n) is 8.08. The third-order valence-electron chi connectivity index (χ3n) is 1.79. The summed E-state index contributed by atoms with van der Waals surface area (Å²) < 4.78 is 35.3. The number of nitrogen functional groups attached to an aromatic ring is 1. The smallest absolute Gasteiger partial charge is 0.301 e. The van der Waals surface area contributed by atoms with Gasteiger partial charge < -0.3 is 10.5 Å². The minimum atomic E-state index is -4.71. The number of hydrogen-bond donors (Lipinski definition) is 2. The van der Waals surface area contributed by atoms with Gasteiger partial charge in [0.15, 0.2) is 4.90 Å². The Labute approximate surface area is 90.5 Å². The van der Waals surface area contributed by atoms with Crippen molar-refractivity contribution in [1.29, 1.82) is 0 Å². The number of nitro groups is 1. The monoisotopic (exact) mass is 248 g/mol. The van der Waals surface area contributed by atoms with Crippen molar-refractivity contribution >= 4 is 21.5 Å². The van der Waals surface area contributed by atoms with Gasteiger partial charge in [0.25, 0.3) is 5.69 Å². The average Bonchev–Trinajstić information content (AvgIpc) is 2.15. The standard InChI is InChI=1S/C7H8N2O6S/c1-15-6-3-7(16(12,13)14)5(9(10)11)2-4(6)8/h2-3H,8H2,1H3,(H,12,13,14). The molecule has 0 aromatic heterocycles. The molecule has 0 spiro atoms. The molecule has 0 fully saturated rings. The van der Waals surface area contributed by atoms with Crippen molar-refractivity contribution in [2.45, 2.75) is 4.90 Å². The van der Waals surface area contributed by atoms with Crippen LogP contribution >= 0.6 is 0 Å². The second-order valence-corrected chi connectivity index (χ2v) is 4.18. The SMILES string of the molecule is COc1cc(S(=O)(=O)O)c([N+](=O)[O-])cc1N. The van der Waals surface area contributed by atoms with Gasteiger partial charge in [0.05, 0.1) is 17.7 Å². The lowest BCUT2D eigenvalue weighted by molar-refractivity contribution is -0.387. The van der Waals surface area contributed by atoms with Crippen LogP contribution in [-0.4, -0.2) is 25.0 Å². The second kappa shape index (κ2) is 3.94. The van der Waals surface area contributed by atoms with E-state index in [0.29, 0.717) is 0 Å². The van der Waals surface area contributed by atoms with Crippen LogP contribution in [0.25, 0.3) is 0 Å². The van der Waals surface area contributed by atoms with Gasteiger partial charge in [0.1, 0.15) is 5.75 Å². The minimum absolute atomic E-state index is 0.0711. The van der Waals surface area contributed by atoms with Gasteiger partial charge in [-0.1, -0.05) is 0 Å². The van der Waals surface area contributed by atoms with Gasteiger partial charge in [-0.2, -0.15) is 8.42 Å². The van der Waals surface area contributed by atoms with Gasteiger partial charge in [-0.3, -0.25) is 14.7 Å². The molecular weight excluding hydrogens is 240 g/mol. The molecule has 88 valence electrons. The number of methoxy groups -OCH3 is 1. The van der Waals surface area contributed by atoms with Crippen molar-refractivity contribution in [3.8, 4) is 5.75 Å². The molecule has 0 radical (unpaired) electrons. The number of hydrogen-bond acceptors (Lipinski definition) is 6. The summed E-state index contributed by atoms with van der Waals surface area (Å²) >= 11 is 0. The lowest BCUT2D eigenvalue weighted by Crippen LogP contribution is -2.05. The molecule has 0 saturated carbocycles. The molecule has 16 heavy (non-hydrogen) atoms. The predicted octanol–water partition coefficient (Wildman–Crippen LogP) is 0.432. The number of rotatable bonds is 3. The van der Waals surface area contributed by atoms with Crippen LogP contribution < -0.4 is 10.5 Å². The molecule has 0 unspecified atom stereocenters. The normalized spacial score (nSPS) is 11.1. The molecular formula is C7H8N2O6S. The minimum Gasteiger partial charge on any atom is -0.495 e. The Kier molecular flexibility index (Phi) is 3.01. The topological polar surface area (TPSA) is 133 Å². The van der Waals surface area contributed by atoms with Crippen molar-refractivity contribution < 1.29 is 22.6 Å². The summed E-state index contributed by atoms with van der Waals surface area (Å²) in [6, 6.07) is 1.60. The Hall–Kier alpha value is -1.87. The Bertz CT molecular complexity index is 538. The van der Waals surface area contributed by atoms with E-state index >= 15 is 0 Å². The highest BCUT2D eigenvalue weighted by Crippen LogP contribution is 2.33. The largest absolute Gasteiger partial charge is 0.495 e. The summed E-state index contributed by atoms with van der Waals surface area (Å²) in [5.74, 6) is -0.0711. The Morgan fingerprint density at radius 1 is 1.50 bits per heavy atom. The molecule has 0 atom stereocenters. The van der Waals surface area contributed by atoms with E-state index in [1.54, 1.807) is 0 Å². The van der Waals surface area contributed by atoms with Crippen LogP contribution in [-0.2, 0) is 10.1 Å². The van der Waals surface area contributed by atoms with E-state index in [1.807, 2.05) is 0 Å². The number of ether oxygens (including phenoxy) is 1. The van der Waals surface area contributed by atoms with E-state index in [9.17, 15) is 18.5 Å². The quantitative estimate of drug-likeness (QED) is 0.343. The molecule has 1 rings (SSSR count). The summed E-state index contributed by atoms with van der Waals surface area (Å²) in [7, 11) is -3.49. The highest BCUT2D eigenvalue weighted by molar-refractivity contribution is 7.86. The van der Waals surface area contributed by atoms with Gasteiger partial charge in [-0.05, 0) is 0 Å². The first-order valence-corrected chi connectivity index (χ1v) is 5.30. The van der Waals surface area contributed by atoms with Crippen LogP contribution in [0, 0.1) is 10.1 Å². The highest BCUT2D eigenvalue weighted by atomic mass is 32.2. The molecule has 0 heterocycles. The van der Waals surface area contributed by atoms with E-state index in [4.69, 9.17) is 15.0 Å². The first-order chi connectivity index (χ1) is 7.27. The summed E-state index contributed by atoms with van der Waals surface area (Å²) in [4.78, 5) is 8.74. The maximum atomic E-state index is 10.9. The van der Waals surface area contributed by atoms with Crippen molar-refractivity contribution in [3.05, 3.63) is 22.2 Å². The van der Waals surface area contributed by atoms with Crippen LogP contribution in [0.2, 0.25) is 0 Å². The number of anilines is 1. The van der Waals surface area contributed by atoms with Crippen LogP contribution in [0.3, 0.4) is 0 Å². The highest BCUT2D eigenvalue weighted by Gasteiger charge is 2.26. The molecule has 3 N–H and O–H groups in total. The first-order valence-electron chi connectivity index (χ1n) is 3.86. The fourth-order valence-corrected chi connectivity index (χ4v) is 1.75. The molecule has 0 saturated heterocycles. The molecule has 0 bridgehead atoms. The zero-order chi connectivity index (χ0) is 12.5. The zero-order valence-corrected chi connectivity index (χ0v) is 8.89. The Balaban J connectivity index is 3.62. The molecule has 1 aromatic rings. The van der Waals surface area contributed by atoms with Crippen LogP contribution in [0.1, 0.15) is 0 Å². The molecule has 9 heteroatoms. The summed E-state index contributed by atoms with van der Waals surface area (Å²) in [5, 5.41) is 10.6. The number of nitrogens with two attached hydrogens (primary N) is 1. The maximum absolute atomic E-state index is 10.9. The molecule has 0 amide bonds. The molecule has 1 aromatic carbocycles. The van der Waals surface area contributed by atoms with Crippen LogP contribution in [0.4, 0.5) is 11.4 Å².